The van der Waals surface area contributed by atoms with Gasteiger partial charge < -0.3 is 4.74 Å². The Hall–Kier alpha value is -1.12. The molecule has 0 N–H and O–H groups in total. The van der Waals surface area contributed by atoms with Gasteiger partial charge in [-0.1, -0.05) is 26.0 Å². The minimum atomic E-state index is -0.557. The molecule has 0 amide bonds. The lowest BCUT2D eigenvalue weighted by atomic mass is 9.53. The smallest absolute Gasteiger partial charge is 0.313 e. The van der Waals surface area contributed by atoms with Gasteiger partial charge in [-0.05, 0) is 12.3 Å². The highest BCUT2D eigenvalue weighted by molar-refractivity contribution is 5.98. The summed E-state index contributed by atoms with van der Waals surface area (Å²) in [4.78, 5) is 24.3. The van der Waals surface area contributed by atoms with Crippen LogP contribution in [-0.2, 0) is 14.3 Å². The van der Waals surface area contributed by atoms with E-state index < -0.39 is 10.8 Å². The van der Waals surface area contributed by atoms with Crippen LogP contribution in [0.5, 0.6) is 0 Å². The molecule has 2 fully saturated rings. The van der Waals surface area contributed by atoms with Crippen molar-refractivity contribution >= 4 is 11.8 Å². The van der Waals surface area contributed by atoms with Gasteiger partial charge in [-0.25, -0.2) is 0 Å². The number of ether oxygens (including phenoxy) is 1. The molecule has 1 aliphatic heterocycles. The van der Waals surface area contributed by atoms with Gasteiger partial charge in [0, 0.05) is 17.8 Å². The maximum atomic E-state index is 12.2. The van der Waals surface area contributed by atoms with E-state index in [2.05, 4.69) is 12.2 Å². The summed E-state index contributed by atoms with van der Waals surface area (Å²) in [6, 6.07) is 0. The van der Waals surface area contributed by atoms with Crippen molar-refractivity contribution in [1.29, 1.82) is 0 Å². The van der Waals surface area contributed by atoms with Crippen LogP contribution in [0.3, 0.4) is 0 Å². The zero-order chi connectivity index (χ0) is 11.6. The first kappa shape index (κ1) is 10.1. The average Bonchev–Trinajstić information content (AvgIpc) is 2.72. The second-order valence-corrected chi connectivity index (χ2v) is 5.48. The lowest BCUT2D eigenvalue weighted by Crippen LogP contribution is -2.51. The molecule has 0 radical (unpaired) electrons. The molecule has 3 heteroatoms. The first-order valence-corrected chi connectivity index (χ1v) is 5.92. The summed E-state index contributed by atoms with van der Waals surface area (Å²) in [6.07, 6.45) is 5.35. The van der Waals surface area contributed by atoms with Crippen LogP contribution < -0.4 is 0 Å². The molecule has 1 saturated heterocycles. The fourth-order valence-electron chi connectivity index (χ4n) is 3.92. The summed E-state index contributed by atoms with van der Waals surface area (Å²) in [5.41, 5.74) is -1.10. The molecular formula is C13H16O3. The van der Waals surface area contributed by atoms with Gasteiger partial charge in [0.05, 0.1) is 12.0 Å². The van der Waals surface area contributed by atoms with Gasteiger partial charge in [-0.2, -0.15) is 0 Å². The fraction of sp³-hybridized carbons (Fsp3) is 0.692. The molecule has 4 atom stereocenters. The molecule has 0 aromatic heterocycles. The number of carbonyl (C=O) groups is 2. The van der Waals surface area contributed by atoms with Gasteiger partial charge in [0.1, 0.15) is 5.78 Å². The highest BCUT2D eigenvalue weighted by atomic mass is 16.5. The summed E-state index contributed by atoms with van der Waals surface area (Å²) in [6.45, 7) is 4.43. The van der Waals surface area contributed by atoms with Crippen molar-refractivity contribution < 1.29 is 14.3 Å². The number of esters is 1. The highest BCUT2D eigenvalue weighted by Crippen LogP contribution is 2.64. The minimum absolute atomic E-state index is 0.104. The maximum Gasteiger partial charge on any atom is 0.313 e. The topological polar surface area (TPSA) is 43.4 Å². The highest BCUT2D eigenvalue weighted by Gasteiger charge is 2.70. The third kappa shape index (κ3) is 0.793. The average molecular weight is 220 g/mol. The normalized spacial score (nSPS) is 50.1. The van der Waals surface area contributed by atoms with Crippen molar-refractivity contribution in [2.75, 3.05) is 6.61 Å². The van der Waals surface area contributed by atoms with Gasteiger partial charge in [-0.3, -0.25) is 9.59 Å². The number of Topliss-reactive ketones (excluding diaryl/α,β-unsaturated/α-hetero) is 1. The van der Waals surface area contributed by atoms with Crippen molar-refractivity contribution in [2.24, 2.45) is 22.7 Å². The Morgan fingerprint density at radius 1 is 1.38 bits per heavy atom. The molecule has 2 aliphatic carbocycles. The van der Waals surface area contributed by atoms with E-state index in [1.165, 1.54) is 0 Å². The summed E-state index contributed by atoms with van der Waals surface area (Å²) >= 11 is 0. The van der Waals surface area contributed by atoms with Crippen LogP contribution in [0, 0.1) is 22.7 Å². The van der Waals surface area contributed by atoms with E-state index in [0.717, 1.165) is 0 Å². The van der Waals surface area contributed by atoms with Crippen LogP contribution in [0.15, 0.2) is 12.2 Å². The lowest BCUT2D eigenvalue weighted by Gasteiger charge is -2.45. The predicted molar refractivity (Wildman–Crippen MR) is 57.5 cm³/mol. The zero-order valence-corrected chi connectivity index (χ0v) is 9.66. The number of allylic oxidation sites excluding steroid dienone is 1. The molecule has 86 valence electrons. The van der Waals surface area contributed by atoms with Gasteiger partial charge in [0.25, 0.3) is 0 Å². The number of hydrogen-bond acceptors (Lipinski definition) is 3. The number of carbonyl (C=O) groups excluding carboxylic acids is 2. The molecule has 1 saturated carbocycles. The summed E-state index contributed by atoms with van der Waals surface area (Å²) < 4.78 is 5.22. The predicted octanol–water partition coefficient (Wildman–Crippen LogP) is 1.72. The number of cyclic esters (lactones) is 1. The van der Waals surface area contributed by atoms with Gasteiger partial charge in [-0.15, -0.1) is 0 Å². The van der Waals surface area contributed by atoms with Gasteiger partial charge in [0.2, 0.25) is 0 Å². The minimum Gasteiger partial charge on any atom is -0.465 e. The SMILES string of the molecule is CC1C=C[C@@H]2COC(=O)[C@]23CCC(=O)[C@]13C. The van der Waals surface area contributed by atoms with E-state index >= 15 is 0 Å². The number of ketones is 1. The standard InChI is InChI=1S/C13H16O3/c1-8-3-4-9-7-16-11(15)13(9)6-5-10(14)12(8,13)2/h3-4,8-9H,5-7H2,1-2H3/t8?,9-,12+,13+/m1/s1. The van der Waals surface area contributed by atoms with Crippen molar-refractivity contribution in [3.05, 3.63) is 12.2 Å². The van der Waals surface area contributed by atoms with E-state index in [4.69, 9.17) is 4.74 Å². The summed E-state index contributed by atoms with van der Waals surface area (Å²) in [5.74, 6) is 0.312. The van der Waals surface area contributed by atoms with Crippen LogP contribution in [-0.4, -0.2) is 18.4 Å². The molecule has 1 spiro atoms. The quantitative estimate of drug-likeness (QED) is 0.461. The molecule has 16 heavy (non-hydrogen) atoms. The molecule has 3 rings (SSSR count). The Bertz CT molecular complexity index is 411. The maximum absolute atomic E-state index is 12.2. The van der Waals surface area contributed by atoms with E-state index in [-0.39, 0.29) is 23.6 Å². The molecular weight excluding hydrogens is 204 g/mol. The Labute approximate surface area is 94.8 Å². The zero-order valence-electron chi connectivity index (χ0n) is 9.66. The van der Waals surface area contributed by atoms with Crippen molar-refractivity contribution in [1.82, 2.24) is 0 Å². The first-order valence-electron chi connectivity index (χ1n) is 5.92. The Balaban J connectivity index is 2.24. The molecule has 0 aromatic carbocycles. The first-order chi connectivity index (χ1) is 7.53. The monoisotopic (exact) mass is 220 g/mol. The van der Waals surface area contributed by atoms with Gasteiger partial charge in [0.15, 0.2) is 0 Å². The molecule has 0 bridgehead atoms. The summed E-state index contributed by atoms with van der Waals surface area (Å²) in [7, 11) is 0. The Morgan fingerprint density at radius 3 is 2.88 bits per heavy atom. The summed E-state index contributed by atoms with van der Waals surface area (Å²) in [5, 5.41) is 0. The molecule has 0 aromatic rings. The second kappa shape index (κ2) is 2.76. The molecule has 3 nitrogen and oxygen atoms in total. The van der Waals surface area contributed by atoms with Crippen molar-refractivity contribution in [3.8, 4) is 0 Å². The fourth-order valence-corrected chi connectivity index (χ4v) is 3.92. The Morgan fingerprint density at radius 2 is 2.12 bits per heavy atom. The largest absolute Gasteiger partial charge is 0.465 e. The number of hydrogen-bond donors (Lipinski definition) is 0. The van der Waals surface area contributed by atoms with E-state index in [9.17, 15) is 9.59 Å². The van der Waals surface area contributed by atoms with Crippen molar-refractivity contribution in [3.63, 3.8) is 0 Å². The molecule has 1 heterocycles. The van der Waals surface area contributed by atoms with E-state index in [1.807, 2.05) is 13.8 Å². The van der Waals surface area contributed by atoms with E-state index in [1.54, 1.807) is 0 Å². The van der Waals surface area contributed by atoms with Crippen LogP contribution in [0.4, 0.5) is 0 Å². The number of rotatable bonds is 0. The van der Waals surface area contributed by atoms with Crippen LogP contribution >= 0.6 is 0 Å². The van der Waals surface area contributed by atoms with Crippen LogP contribution in [0.25, 0.3) is 0 Å². The molecule has 3 aliphatic rings. The molecule has 1 unspecified atom stereocenters. The van der Waals surface area contributed by atoms with Crippen molar-refractivity contribution in [2.45, 2.75) is 26.7 Å². The van der Waals surface area contributed by atoms with E-state index in [0.29, 0.717) is 19.4 Å². The second-order valence-electron chi connectivity index (χ2n) is 5.48. The third-order valence-electron chi connectivity index (χ3n) is 5.19. The lowest BCUT2D eigenvalue weighted by molar-refractivity contribution is -0.157. The van der Waals surface area contributed by atoms with Gasteiger partial charge >= 0.3 is 5.97 Å². The Kier molecular flexibility index (Phi) is 1.74. The third-order valence-corrected chi connectivity index (χ3v) is 5.19. The van der Waals surface area contributed by atoms with Crippen LogP contribution in [0.2, 0.25) is 0 Å². The van der Waals surface area contributed by atoms with Crippen LogP contribution in [0.1, 0.15) is 26.7 Å².